The summed E-state index contributed by atoms with van der Waals surface area (Å²) in [6, 6.07) is 0. The van der Waals surface area contributed by atoms with E-state index in [2.05, 4.69) is 11.9 Å². The highest BCUT2D eigenvalue weighted by Gasteiger charge is 2.13. The number of hydrogen-bond acceptors (Lipinski definition) is 4. The Morgan fingerprint density at radius 1 is 1.75 bits per heavy atom. The van der Waals surface area contributed by atoms with Crippen molar-refractivity contribution in [2.24, 2.45) is 5.73 Å². The molecule has 1 aliphatic heterocycles. The van der Waals surface area contributed by atoms with Gasteiger partial charge in [0.05, 0.1) is 5.75 Å². The molecule has 0 saturated heterocycles. The van der Waals surface area contributed by atoms with Gasteiger partial charge in [0.25, 0.3) is 0 Å². The number of likely N-dealkylation sites (N-methyl/N-ethyl adjacent to an activating group) is 1. The molecule has 0 aromatic carbocycles. The number of carbonyl (C=O) groups excluding carboxylic acids is 1. The lowest BCUT2D eigenvalue weighted by Crippen LogP contribution is -2.29. The number of thioether (sulfide) groups is 1. The SMILES string of the molecule is CN1CCC(N)=C(SCC=O)C1. The van der Waals surface area contributed by atoms with Crippen molar-refractivity contribution >= 4 is 18.0 Å². The molecular weight excluding hydrogens is 172 g/mol. The predicted molar refractivity (Wildman–Crippen MR) is 51.8 cm³/mol. The monoisotopic (exact) mass is 186 g/mol. The van der Waals surface area contributed by atoms with Crippen molar-refractivity contribution < 1.29 is 4.79 Å². The minimum Gasteiger partial charge on any atom is -0.401 e. The average molecular weight is 186 g/mol. The van der Waals surface area contributed by atoms with Crippen LogP contribution in [0.4, 0.5) is 0 Å². The van der Waals surface area contributed by atoms with Crippen LogP contribution in [-0.2, 0) is 4.79 Å². The van der Waals surface area contributed by atoms with Gasteiger partial charge in [-0.25, -0.2) is 0 Å². The van der Waals surface area contributed by atoms with E-state index < -0.39 is 0 Å². The van der Waals surface area contributed by atoms with Crippen LogP contribution in [0.3, 0.4) is 0 Å². The molecule has 68 valence electrons. The van der Waals surface area contributed by atoms with Crippen LogP contribution < -0.4 is 5.73 Å². The Kier molecular flexibility index (Phi) is 3.62. The lowest BCUT2D eigenvalue weighted by Gasteiger charge is -2.25. The Labute approximate surface area is 77.0 Å². The van der Waals surface area contributed by atoms with Crippen molar-refractivity contribution in [2.75, 3.05) is 25.9 Å². The van der Waals surface area contributed by atoms with Crippen LogP contribution in [-0.4, -0.2) is 37.1 Å². The second-order valence-corrected chi connectivity index (χ2v) is 4.03. The molecule has 0 atom stereocenters. The molecule has 3 nitrogen and oxygen atoms in total. The fraction of sp³-hybridized carbons (Fsp3) is 0.625. The highest BCUT2D eigenvalue weighted by Crippen LogP contribution is 2.22. The van der Waals surface area contributed by atoms with Crippen LogP contribution in [0.5, 0.6) is 0 Å². The first-order valence-electron chi connectivity index (χ1n) is 3.96. The summed E-state index contributed by atoms with van der Waals surface area (Å²) in [5.74, 6) is 0.518. The Hall–Kier alpha value is -0.480. The molecule has 2 N–H and O–H groups in total. The van der Waals surface area contributed by atoms with E-state index in [4.69, 9.17) is 5.73 Å². The second-order valence-electron chi connectivity index (χ2n) is 2.91. The summed E-state index contributed by atoms with van der Waals surface area (Å²) in [6.07, 6.45) is 1.84. The van der Waals surface area contributed by atoms with Crippen LogP contribution >= 0.6 is 11.8 Å². The van der Waals surface area contributed by atoms with Gasteiger partial charge < -0.3 is 15.4 Å². The van der Waals surface area contributed by atoms with Crippen molar-refractivity contribution in [1.82, 2.24) is 4.90 Å². The number of hydrogen-bond donors (Lipinski definition) is 1. The van der Waals surface area contributed by atoms with Crippen molar-refractivity contribution in [3.8, 4) is 0 Å². The maximum absolute atomic E-state index is 10.1. The zero-order chi connectivity index (χ0) is 8.97. The van der Waals surface area contributed by atoms with E-state index in [1.165, 1.54) is 0 Å². The van der Waals surface area contributed by atoms with Crippen LogP contribution in [0, 0.1) is 0 Å². The standard InChI is InChI=1S/C8H14N2OS/c1-10-3-2-7(9)8(6-10)12-5-4-11/h4H,2-3,5-6,9H2,1H3. The molecule has 0 bridgehead atoms. The van der Waals surface area contributed by atoms with Gasteiger partial charge >= 0.3 is 0 Å². The maximum Gasteiger partial charge on any atom is 0.130 e. The Balaban J connectivity index is 2.52. The van der Waals surface area contributed by atoms with Crippen molar-refractivity contribution in [2.45, 2.75) is 6.42 Å². The number of rotatable bonds is 3. The summed E-state index contributed by atoms with van der Waals surface area (Å²) in [4.78, 5) is 13.5. The molecule has 0 unspecified atom stereocenters. The Morgan fingerprint density at radius 2 is 2.50 bits per heavy atom. The molecule has 0 spiro atoms. The molecule has 0 fully saturated rings. The zero-order valence-corrected chi connectivity index (χ0v) is 8.06. The molecule has 0 aliphatic carbocycles. The Bertz CT molecular complexity index is 203. The van der Waals surface area contributed by atoms with Gasteiger partial charge in [0.1, 0.15) is 6.29 Å². The molecule has 0 saturated carbocycles. The van der Waals surface area contributed by atoms with Gasteiger partial charge in [-0.2, -0.15) is 0 Å². The smallest absolute Gasteiger partial charge is 0.130 e. The Morgan fingerprint density at radius 3 is 3.17 bits per heavy atom. The quantitative estimate of drug-likeness (QED) is 0.649. The van der Waals surface area contributed by atoms with Gasteiger partial charge in [0.15, 0.2) is 0 Å². The van der Waals surface area contributed by atoms with Gasteiger partial charge in [-0.3, -0.25) is 0 Å². The van der Waals surface area contributed by atoms with E-state index in [1.807, 2.05) is 0 Å². The fourth-order valence-electron chi connectivity index (χ4n) is 1.15. The summed E-state index contributed by atoms with van der Waals surface area (Å²) in [7, 11) is 2.06. The van der Waals surface area contributed by atoms with Crippen molar-refractivity contribution in [3.63, 3.8) is 0 Å². The average Bonchev–Trinajstić information content (AvgIpc) is 2.07. The van der Waals surface area contributed by atoms with Crippen LogP contribution in [0.25, 0.3) is 0 Å². The molecule has 0 aromatic rings. The summed E-state index contributed by atoms with van der Waals surface area (Å²) in [6.45, 7) is 1.92. The highest BCUT2D eigenvalue weighted by molar-refractivity contribution is 8.03. The summed E-state index contributed by atoms with van der Waals surface area (Å²) in [5.41, 5.74) is 6.76. The molecule has 4 heteroatoms. The van der Waals surface area contributed by atoms with E-state index in [0.29, 0.717) is 5.75 Å². The van der Waals surface area contributed by atoms with Gasteiger partial charge in [0.2, 0.25) is 0 Å². The minimum atomic E-state index is 0.518. The highest BCUT2D eigenvalue weighted by atomic mass is 32.2. The summed E-state index contributed by atoms with van der Waals surface area (Å²) in [5, 5.41) is 0. The third kappa shape index (κ3) is 2.53. The zero-order valence-electron chi connectivity index (χ0n) is 7.25. The van der Waals surface area contributed by atoms with Crippen LogP contribution in [0.1, 0.15) is 6.42 Å². The number of nitrogens with zero attached hydrogens (tertiary/aromatic N) is 1. The van der Waals surface area contributed by atoms with E-state index >= 15 is 0 Å². The summed E-state index contributed by atoms with van der Waals surface area (Å²) >= 11 is 1.55. The number of carbonyl (C=O) groups is 1. The number of nitrogens with two attached hydrogens (primary N) is 1. The normalized spacial score (nSPS) is 19.8. The van der Waals surface area contributed by atoms with E-state index in [0.717, 1.165) is 36.4 Å². The second kappa shape index (κ2) is 4.52. The predicted octanol–water partition coefficient (Wildman–Crippen LogP) is 0.424. The van der Waals surface area contributed by atoms with E-state index in [9.17, 15) is 4.79 Å². The third-order valence-electron chi connectivity index (χ3n) is 1.86. The maximum atomic E-state index is 10.1. The fourth-order valence-corrected chi connectivity index (χ4v) is 2.02. The van der Waals surface area contributed by atoms with E-state index in [-0.39, 0.29) is 0 Å². The lowest BCUT2D eigenvalue weighted by molar-refractivity contribution is -0.105. The molecule has 1 rings (SSSR count). The molecular formula is C8H14N2OS. The summed E-state index contributed by atoms with van der Waals surface area (Å²) < 4.78 is 0. The van der Waals surface area contributed by atoms with Crippen LogP contribution in [0.15, 0.2) is 10.6 Å². The third-order valence-corrected chi connectivity index (χ3v) is 2.90. The minimum absolute atomic E-state index is 0.518. The van der Waals surface area contributed by atoms with E-state index in [1.54, 1.807) is 11.8 Å². The van der Waals surface area contributed by atoms with Gasteiger partial charge in [-0.15, -0.1) is 11.8 Å². The molecule has 0 aromatic heterocycles. The van der Waals surface area contributed by atoms with Gasteiger partial charge in [0, 0.05) is 30.1 Å². The van der Waals surface area contributed by atoms with Crippen molar-refractivity contribution in [3.05, 3.63) is 10.6 Å². The van der Waals surface area contributed by atoms with Gasteiger partial charge in [-0.05, 0) is 7.05 Å². The largest absolute Gasteiger partial charge is 0.401 e. The first kappa shape index (κ1) is 9.61. The number of aldehydes is 1. The van der Waals surface area contributed by atoms with Gasteiger partial charge in [-0.1, -0.05) is 0 Å². The topological polar surface area (TPSA) is 46.3 Å². The first-order chi connectivity index (χ1) is 5.74. The molecule has 12 heavy (non-hydrogen) atoms. The lowest BCUT2D eigenvalue weighted by atomic mass is 10.2. The molecule has 1 heterocycles. The molecule has 1 aliphatic rings. The van der Waals surface area contributed by atoms with Crippen molar-refractivity contribution in [1.29, 1.82) is 0 Å². The first-order valence-corrected chi connectivity index (χ1v) is 4.95. The molecule has 0 amide bonds. The van der Waals surface area contributed by atoms with Crippen LogP contribution in [0.2, 0.25) is 0 Å². The molecule has 0 radical (unpaired) electrons.